The molecule has 4 rings (SSSR count). The van der Waals surface area contributed by atoms with Crippen molar-refractivity contribution in [2.24, 2.45) is 0 Å². The van der Waals surface area contributed by atoms with Crippen molar-refractivity contribution in [3.63, 3.8) is 0 Å². The minimum Gasteiger partial charge on any atom is -0.492 e. The number of carbonyl (C=O) groups is 3. The molecule has 190 valence electrons. The number of carbonyl (C=O) groups excluding carboxylic acids is 3. The molecule has 0 bridgehead atoms. The van der Waals surface area contributed by atoms with Gasteiger partial charge in [0.2, 0.25) is 0 Å². The zero-order valence-electron chi connectivity index (χ0n) is 21.6. The first-order valence-corrected chi connectivity index (χ1v) is 12.3. The second kappa shape index (κ2) is 11.1. The highest BCUT2D eigenvalue weighted by molar-refractivity contribution is 6.30. The Morgan fingerprint density at radius 2 is 1.46 bits per heavy atom. The van der Waals surface area contributed by atoms with Crippen molar-refractivity contribution in [1.82, 2.24) is 9.80 Å². The summed E-state index contributed by atoms with van der Waals surface area (Å²) in [5.74, 6) is -0.370. The molecular weight excluding hydrogens is 466 g/mol. The van der Waals surface area contributed by atoms with E-state index in [4.69, 9.17) is 4.74 Å². The van der Waals surface area contributed by atoms with Crippen LogP contribution in [0.1, 0.15) is 18.1 Å². The molecule has 1 aliphatic rings. The van der Waals surface area contributed by atoms with Crippen LogP contribution in [0.3, 0.4) is 0 Å². The second-order valence-electron chi connectivity index (χ2n) is 8.93. The highest BCUT2D eigenvalue weighted by atomic mass is 16.5. The first-order valence-electron chi connectivity index (χ1n) is 12.3. The average Bonchev–Trinajstić information content (AvgIpc) is 2.93. The smallest absolute Gasteiger partial charge is 0.333 e. The van der Waals surface area contributed by atoms with Gasteiger partial charge in [-0.3, -0.25) is 19.4 Å². The third-order valence-corrected chi connectivity index (χ3v) is 6.54. The number of urea groups is 1. The van der Waals surface area contributed by atoms with Gasteiger partial charge in [0.05, 0.1) is 6.54 Å². The van der Waals surface area contributed by atoms with Crippen LogP contribution >= 0.6 is 0 Å². The number of rotatable bonds is 8. The predicted molar refractivity (Wildman–Crippen MR) is 145 cm³/mol. The summed E-state index contributed by atoms with van der Waals surface area (Å²) < 4.78 is 5.99. The summed E-state index contributed by atoms with van der Waals surface area (Å²) >= 11 is 0. The van der Waals surface area contributed by atoms with Crippen molar-refractivity contribution in [3.8, 4) is 16.9 Å². The van der Waals surface area contributed by atoms with Gasteiger partial charge in [0.25, 0.3) is 11.8 Å². The number of aryl methyl sites for hydroxylation is 1. The molecule has 1 aliphatic heterocycles. The Morgan fingerprint density at radius 1 is 0.838 bits per heavy atom. The van der Waals surface area contributed by atoms with E-state index in [2.05, 4.69) is 36.1 Å². The van der Waals surface area contributed by atoms with Gasteiger partial charge in [-0.1, -0.05) is 48.5 Å². The topological polar surface area (TPSA) is 70.2 Å². The third kappa shape index (κ3) is 5.56. The number of hydrogen-bond acceptors (Lipinski definition) is 5. The van der Waals surface area contributed by atoms with Crippen LogP contribution in [0.2, 0.25) is 0 Å². The van der Waals surface area contributed by atoms with Crippen LogP contribution in [-0.4, -0.2) is 61.4 Å². The largest absolute Gasteiger partial charge is 0.492 e. The molecule has 7 heteroatoms. The lowest BCUT2D eigenvalue weighted by Crippen LogP contribution is -2.52. The molecule has 0 saturated carbocycles. The molecule has 1 heterocycles. The number of benzene rings is 3. The highest BCUT2D eigenvalue weighted by Crippen LogP contribution is 2.25. The van der Waals surface area contributed by atoms with Crippen molar-refractivity contribution in [1.29, 1.82) is 0 Å². The fourth-order valence-corrected chi connectivity index (χ4v) is 4.27. The Morgan fingerprint density at radius 3 is 2.05 bits per heavy atom. The average molecular weight is 498 g/mol. The van der Waals surface area contributed by atoms with Crippen LogP contribution in [0.4, 0.5) is 10.5 Å². The number of likely N-dealkylation sites (N-methyl/N-ethyl adjacent to an activating group) is 3. The Balaban J connectivity index is 1.41. The Hall–Kier alpha value is -4.39. The Kier molecular flexibility index (Phi) is 7.72. The van der Waals surface area contributed by atoms with E-state index in [1.807, 2.05) is 55.5 Å². The molecule has 0 atom stereocenters. The zero-order valence-corrected chi connectivity index (χ0v) is 21.6. The van der Waals surface area contributed by atoms with Gasteiger partial charge in [-0.15, -0.1) is 0 Å². The summed E-state index contributed by atoms with van der Waals surface area (Å²) in [6.45, 7) is 6.04. The summed E-state index contributed by atoms with van der Waals surface area (Å²) in [6, 6.07) is 23.6. The molecule has 4 amide bonds. The first kappa shape index (κ1) is 25.7. The maximum Gasteiger partial charge on any atom is 0.333 e. The van der Waals surface area contributed by atoms with E-state index in [-0.39, 0.29) is 5.57 Å². The summed E-state index contributed by atoms with van der Waals surface area (Å²) in [6.07, 6.45) is 1.56. The van der Waals surface area contributed by atoms with Gasteiger partial charge in [0.15, 0.2) is 0 Å². The van der Waals surface area contributed by atoms with Crippen molar-refractivity contribution >= 4 is 29.6 Å². The SMILES string of the molecule is CCN(CCOc1ccc(-c2ccccc2)cc1)c1ccc(C=C2C(=O)N(C)C(=O)N(C)C2=O)c(C)c1. The van der Waals surface area contributed by atoms with E-state index in [0.29, 0.717) is 13.2 Å². The number of imide groups is 2. The number of hydrogen-bond donors (Lipinski definition) is 0. The number of barbiturate groups is 1. The minimum absolute atomic E-state index is 0.0283. The Labute approximate surface area is 217 Å². The number of amides is 4. The van der Waals surface area contributed by atoms with E-state index in [1.165, 1.54) is 19.7 Å². The van der Waals surface area contributed by atoms with Crippen molar-refractivity contribution in [3.05, 3.63) is 89.5 Å². The van der Waals surface area contributed by atoms with Gasteiger partial charge >= 0.3 is 6.03 Å². The third-order valence-electron chi connectivity index (χ3n) is 6.54. The van der Waals surface area contributed by atoms with Crippen LogP contribution in [0, 0.1) is 6.92 Å². The molecule has 0 radical (unpaired) electrons. The molecule has 0 unspecified atom stereocenters. The first-order chi connectivity index (χ1) is 17.8. The van der Waals surface area contributed by atoms with Crippen LogP contribution in [0.25, 0.3) is 17.2 Å². The molecule has 1 fully saturated rings. The van der Waals surface area contributed by atoms with Crippen LogP contribution in [-0.2, 0) is 9.59 Å². The number of ether oxygens (including phenoxy) is 1. The van der Waals surface area contributed by atoms with Gasteiger partial charge in [-0.05, 0) is 66.4 Å². The van der Waals surface area contributed by atoms with Crippen molar-refractivity contribution in [2.75, 3.05) is 38.7 Å². The quantitative estimate of drug-likeness (QED) is 0.324. The normalized spacial score (nSPS) is 13.7. The lowest BCUT2D eigenvalue weighted by atomic mass is 10.0. The fourth-order valence-electron chi connectivity index (χ4n) is 4.27. The molecule has 3 aromatic rings. The molecule has 0 N–H and O–H groups in total. The Bertz CT molecular complexity index is 1310. The molecule has 0 aromatic heterocycles. The maximum atomic E-state index is 12.5. The molecule has 3 aromatic carbocycles. The summed E-state index contributed by atoms with van der Waals surface area (Å²) in [4.78, 5) is 41.1. The second-order valence-corrected chi connectivity index (χ2v) is 8.93. The van der Waals surface area contributed by atoms with Crippen LogP contribution < -0.4 is 9.64 Å². The van der Waals surface area contributed by atoms with E-state index < -0.39 is 17.8 Å². The summed E-state index contributed by atoms with van der Waals surface area (Å²) in [7, 11) is 2.74. The lowest BCUT2D eigenvalue weighted by molar-refractivity contribution is -0.134. The van der Waals surface area contributed by atoms with Crippen molar-refractivity contribution < 1.29 is 19.1 Å². The van der Waals surface area contributed by atoms with Gasteiger partial charge in [0.1, 0.15) is 17.9 Å². The monoisotopic (exact) mass is 497 g/mol. The minimum atomic E-state index is -0.632. The molecular formula is C30H31N3O4. The van der Waals surface area contributed by atoms with Gasteiger partial charge in [-0.25, -0.2) is 4.79 Å². The number of anilines is 1. The summed E-state index contributed by atoms with van der Waals surface area (Å²) in [5, 5.41) is 0. The van der Waals surface area contributed by atoms with Crippen LogP contribution in [0.15, 0.2) is 78.4 Å². The standard InChI is InChI=1S/C30H31N3O4/c1-5-33(17-18-37-26-15-12-23(13-16-26)22-9-7-6-8-10-22)25-14-11-24(21(2)19-25)20-27-28(34)31(3)30(36)32(4)29(27)35/h6-16,19-20H,5,17-18H2,1-4H3. The molecule has 7 nitrogen and oxygen atoms in total. The van der Waals surface area contributed by atoms with E-state index in [1.54, 1.807) is 6.08 Å². The predicted octanol–water partition coefficient (Wildman–Crippen LogP) is 5.00. The fraction of sp³-hybridized carbons (Fsp3) is 0.233. The molecule has 0 spiro atoms. The van der Waals surface area contributed by atoms with E-state index in [0.717, 1.165) is 44.5 Å². The summed E-state index contributed by atoms with van der Waals surface area (Å²) in [5.41, 5.74) is 4.99. The molecule has 1 saturated heterocycles. The highest BCUT2D eigenvalue weighted by Gasteiger charge is 2.37. The zero-order chi connectivity index (χ0) is 26.5. The van der Waals surface area contributed by atoms with Gasteiger partial charge < -0.3 is 9.64 Å². The maximum absolute atomic E-state index is 12.5. The molecule has 37 heavy (non-hydrogen) atoms. The van der Waals surface area contributed by atoms with Crippen LogP contribution in [0.5, 0.6) is 5.75 Å². The van der Waals surface area contributed by atoms with E-state index in [9.17, 15) is 14.4 Å². The van der Waals surface area contributed by atoms with E-state index >= 15 is 0 Å². The van der Waals surface area contributed by atoms with Crippen molar-refractivity contribution in [2.45, 2.75) is 13.8 Å². The van der Waals surface area contributed by atoms with Gasteiger partial charge in [0, 0.05) is 26.3 Å². The lowest BCUT2D eigenvalue weighted by Gasteiger charge is -2.29. The molecule has 0 aliphatic carbocycles. The van der Waals surface area contributed by atoms with Gasteiger partial charge in [-0.2, -0.15) is 0 Å². The number of nitrogens with zero attached hydrogens (tertiary/aromatic N) is 3.